The molecule has 7 nitrogen and oxygen atoms in total. The van der Waals surface area contributed by atoms with Gasteiger partial charge in [0.25, 0.3) is 5.91 Å². The van der Waals surface area contributed by atoms with Gasteiger partial charge in [-0.05, 0) is 29.7 Å². The molecule has 2 heterocycles. The van der Waals surface area contributed by atoms with Gasteiger partial charge >= 0.3 is 5.97 Å². The van der Waals surface area contributed by atoms with Gasteiger partial charge in [0, 0.05) is 16.6 Å². The number of nitrogens with one attached hydrogen (secondary N) is 1. The van der Waals surface area contributed by atoms with E-state index in [9.17, 15) is 19.5 Å². The normalized spacial score (nSPS) is 15.4. The second-order valence-corrected chi connectivity index (χ2v) is 8.02. The highest BCUT2D eigenvalue weighted by atomic mass is 32.2. The highest BCUT2D eigenvalue weighted by molar-refractivity contribution is 8.26. The first-order chi connectivity index (χ1) is 12.8. The summed E-state index contributed by atoms with van der Waals surface area (Å²) in [5.41, 5.74) is -0.0641. The maximum Gasteiger partial charge on any atom is 0.339 e. The molecule has 3 N–H and O–H groups in total. The van der Waals surface area contributed by atoms with Crippen LogP contribution in [0.4, 0.5) is 5.69 Å². The lowest BCUT2D eigenvalue weighted by Gasteiger charge is -2.14. The molecule has 0 aliphatic carbocycles. The first-order valence-corrected chi connectivity index (χ1v) is 9.60. The summed E-state index contributed by atoms with van der Waals surface area (Å²) in [7, 11) is 0. The quantitative estimate of drug-likeness (QED) is 0.504. The topological polar surface area (TPSA) is 107 Å². The van der Waals surface area contributed by atoms with Crippen molar-refractivity contribution in [3.05, 3.63) is 51.1 Å². The van der Waals surface area contributed by atoms with Crippen LogP contribution in [0.1, 0.15) is 15.2 Å². The molecule has 1 aromatic carbocycles. The number of amides is 2. The minimum Gasteiger partial charge on any atom is -0.507 e. The Kier molecular flexibility index (Phi) is 5.59. The summed E-state index contributed by atoms with van der Waals surface area (Å²) in [6, 6.07) is 7.40. The number of thioether (sulfide) groups is 1. The van der Waals surface area contributed by atoms with E-state index >= 15 is 0 Å². The SMILES string of the molecule is O=C(CN1C(=O)/C(=C\c2cccs2)SC1=S)Nc1ccc(C(=O)O)c(O)c1. The van der Waals surface area contributed by atoms with Gasteiger partial charge in [-0.25, -0.2) is 4.79 Å². The summed E-state index contributed by atoms with van der Waals surface area (Å²) in [5.74, 6) is -2.62. The minimum absolute atomic E-state index is 0.210. The number of carbonyl (C=O) groups is 3. The standard InChI is InChI=1S/C17H12N2O5S3/c20-12-6-9(3-4-11(12)16(23)24)18-14(21)8-19-15(22)13(27-17(19)25)7-10-2-1-5-26-10/h1-7,20H,8H2,(H,18,21)(H,23,24)/b13-7+. The zero-order valence-corrected chi connectivity index (χ0v) is 16.0. The summed E-state index contributed by atoms with van der Waals surface area (Å²) in [6.07, 6.45) is 1.73. The van der Waals surface area contributed by atoms with Crippen LogP contribution in [0.5, 0.6) is 5.75 Å². The molecule has 0 bridgehead atoms. The zero-order chi connectivity index (χ0) is 19.6. The second kappa shape index (κ2) is 7.91. The second-order valence-electron chi connectivity index (χ2n) is 5.37. The van der Waals surface area contributed by atoms with Crippen molar-refractivity contribution in [2.24, 2.45) is 0 Å². The van der Waals surface area contributed by atoms with Gasteiger partial charge in [-0.2, -0.15) is 0 Å². The van der Waals surface area contributed by atoms with Gasteiger partial charge in [-0.15, -0.1) is 11.3 Å². The van der Waals surface area contributed by atoms with E-state index in [1.807, 2.05) is 17.5 Å². The number of aromatic hydroxyl groups is 1. The molecule has 1 aromatic heterocycles. The molecule has 0 spiro atoms. The number of anilines is 1. The lowest BCUT2D eigenvalue weighted by Crippen LogP contribution is -2.36. The average Bonchev–Trinajstić information content (AvgIpc) is 3.19. The maximum absolute atomic E-state index is 12.5. The van der Waals surface area contributed by atoms with Crippen LogP contribution in [0.25, 0.3) is 6.08 Å². The number of aromatic carboxylic acids is 1. The van der Waals surface area contributed by atoms with Crippen LogP contribution in [-0.4, -0.2) is 43.8 Å². The van der Waals surface area contributed by atoms with Crippen molar-refractivity contribution in [3.8, 4) is 5.75 Å². The Morgan fingerprint density at radius 2 is 2.07 bits per heavy atom. The van der Waals surface area contributed by atoms with Gasteiger partial charge in [0.2, 0.25) is 5.91 Å². The first-order valence-electron chi connectivity index (χ1n) is 7.50. The van der Waals surface area contributed by atoms with E-state index in [1.54, 1.807) is 6.08 Å². The smallest absolute Gasteiger partial charge is 0.339 e. The Morgan fingerprint density at radius 3 is 2.70 bits per heavy atom. The van der Waals surface area contributed by atoms with Crippen molar-refractivity contribution in [1.82, 2.24) is 4.90 Å². The average molecular weight is 420 g/mol. The molecule has 10 heteroatoms. The summed E-state index contributed by atoms with van der Waals surface area (Å²) in [4.78, 5) is 38.1. The third kappa shape index (κ3) is 4.35. The number of benzene rings is 1. The minimum atomic E-state index is -1.28. The molecule has 1 aliphatic rings. The van der Waals surface area contributed by atoms with Crippen molar-refractivity contribution >= 4 is 69.2 Å². The molecule has 0 unspecified atom stereocenters. The van der Waals surface area contributed by atoms with Crippen molar-refractivity contribution in [2.75, 3.05) is 11.9 Å². The molecule has 1 saturated heterocycles. The predicted molar refractivity (Wildman–Crippen MR) is 108 cm³/mol. The van der Waals surface area contributed by atoms with E-state index in [0.29, 0.717) is 4.91 Å². The van der Waals surface area contributed by atoms with Crippen LogP contribution >= 0.6 is 35.3 Å². The van der Waals surface area contributed by atoms with Gasteiger partial charge in [0.1, 0.15) is 22.2 Å². The Balaban J connectivity index is 1.67. The van der Waals surface area contributed by atoms with Crippen molar-refractivity contribution < 1.29 is 24.6 Å². The number of carbonyl (C=O) groups excluding carboxylic acids is 2. The summed E-state index contributed by atoms with van der Waals surface area (Å²) < 4.78 is 0.280. The van der Waals surface area contributed by atoms with Gasteiger partial charge in [0.15, 0.2) is 0 Å². The monoisotopic (exact) mass is 420 g/mol. The molecule has 0 radical (unpaired) electrons. The Hall–Kier alpha value is -2.69. The number of thiophene rings is 1. The zero-order valence-electron chi connectivity index (χ0n) is 13.5. The van der Waals surface area contributed by atoms with E-state index in [4.69, 9.17) is 17.3 Å². The number of phenols is 1. The third-order valence-corrected chi connectivity index (χ3v) is 5.70. The lowest BCUT2D eigenvalue weighted by atomic mass is 10.2. The Bertz CT molecular complexity index is 969. The van der Waals surface area contributed by atoms with E-state index in [-0.39, 0.29) is 28.0 Å². The van der Waals surface area contributed by atoms with E-state index < -0.39 is 17.6 Å². The van der Waals surface area contributed by atoms with Gasteiger partial charge in [-0.3, -0.25) is 14.5 Å². The molecule has 0 saturated carbocycles. The molecule has 1 fully saturated rings. The first kappa shape index (κ1) is 19.1. The van der Waals surface area contributed by atoms with Gasteiger partial charge < -0.3 is 15.5 Å². The molecule has 138 valence electrons. The Morgan fingerprint density at radius 1 is 1.30 bits per heavy atom. The molecule has 0 atom stereocenters. The number of hydrogen-bond acceptors (Lipinski definition) is 7. The maximum atomic E-state index is 12.5. The summed E-state index contributed by atoms with van der Waals surface area (Å²) in [6.45, 7) is -0.284. The summed E-state index contributed by atoms with van der Waals surface area (Å²) in [5, 5.41) is 23.0. The molecule has 3 rings (SSSR count). The van der Waals surface area contributed by atoms with E-state index in [0.717, 1.165) is 22.7 Å². The molecule has 1 aliphatic heterocycles. The molecule has 2 aromatic rings. The predicted octanol–water partition coefficient (Wildman–Crippen LogP) is 2.99. The highest BCUT2D eigenvalue weighted by Crippen LogP contribution is 2.33. The highest BCUT2D eigenvalue weighted by Gasteiger charge is 2.33. The fraction of sp³-hybridized carbons (Fsp3) is 0.0588. The fourth-order valence-electron chi connectivity index (χ4n) is 2.27. The van der Waals surface area contributed by atoms with Crippen molar-refractivity contribution in [3.63, 3.8) is 0 Å². The van der Waals surface area contributed by atoms with Crippen LogP contribution in [0, 0.1) is 0 Å². The molecule has 27 heavy (non-hydrogen) atoms. The van der Waals surface area contributed by atoms with Crippen LogP contribution in [-0.2, 0) is 9.59 Å². The van der Waals surface area contributed by atoms with Gasteiger partial charge in [0.05, 0.1) is 4.91 Å². The molecular formula is C17H12N2O5S3. The van der Waals surface area contributed by atoms with E-state index in [1.165, 1.54) is 28.4 Å². The largest absolute Gasteiger partial charge is 0.507 e. The van der Waals surface area contributed by atoms with E-state index in [2.05, 4.69) is 5.32 Å². The number of hydrogen-bond donors (Lipinski definition) is 3. The number of nitrogens with zero attached hydrogens (tertiary/aromatic N) is 1. The van der Waals surface area contributed by atoms with Crippen LogP contribution in [0.2, 0.25) is 0 Å². The summed E-state index contributed by atoms with van der Waals surface area (Å²) >= 11 is 7.80. The van der Waals surface area contributed by atoms with Crippen molar-refractivity contribution in [2.45, 2.75) is 0 Å². The lowest BCUT2D eigenvalue weighted by molar-refractivity contribution is -0.126. The third-order valence-electron chi connectivity index (χ3n) is 3.50. The number of rotatable bonds is 5. The van der Waals surface area contributed by atoms with Crippen molar-refractivity contribution in [1.29, 1.82) is 0 Å². The van der Waals surface area contributed by atoms with Gasteiger partial charge in [-0.1, -0.05) is 30.0 Å². The fourth-order valence-corrected chi connectivity index (χ4v) is 4.25. The Labute approximate surface area is 167 Å². The van der Waals surface area contributed by atoms with Crippen LogP contribution in [0.15, 0.2) is 40.6 Å². The van der Waals surface area contributed by atoms with Crippen LogP contribution < -0.4 is 5.32 Å². The van der Waals surface area contributed by atoms with Crippen LogP contribution in [0.3, 0.4) is 0 Å². The molecule has 2 amide bonds. The molecular weight excluding hydrogens is 408 g/mol. The number of carboxylic acid groups (broad SMARTS) is 1. The number of carboxylic acids is 1. The number of thiocarbonyl (C=S) groups is 1.